The van der Waals surface area contributed by atoms with Crippen LogP contribution < -0.4 is 0 Å². The fourth-order valence-electron chi connectivity index (χ4n) is 1.92. The Morgan fingerprint density at radius 3 is 2.55 bits per heavy atom. The van der Waals surface area contributed by atoms with Crippen LogP contribution in [0.15, 0.2) is 39.8 Å². The summed E-state index contributed by atoms with van der Waals surface area (Å²) in [7, 11) is 0. The van der Waals surface area contributed by atoms with Gasteiger partial charge in [-0.2, -0.15) is 0 Å². The number of ether oxygens (including phenoxy) is 1. The monoisotopic (exact) mass is 272 g/mol. The second kappa shape index (κ2) is 4.80. The second-order valence-electron chi connectivity index (χ2n) is 4.55. The maximum Gasteiger partial charge on any atom is 0.358 e. The molecule has 6 nitrogen and oxygen atoms in total. The molecule has 1 unspecified atom stereocenters. The number of carboxylic acid groups (broad SMARTS) is 1. The Hall–Kier alpha value is -2.63. The van der Waals surface area contributed by atoms with Gasteiger partial charge in [0.15, 0.2) is 11.5 Å². The molecule has 0 amide bonds. The SMILES string of the molecule is CC1COC(c2ccc(-c3cc(C(=O)O)no3)cc2)=N1. The third kappa shape index (κ3) is 2.27. The van der Waals surface area contributed by atoms with E-state index in [0.717, 1.165) is 11.1 Å². The Morgan fingerprint density at radius 1 is 1.30 bits per heavy atom. The number of carbonyl (C=O) groups is 1. The van der Waals surface area contributed by atoms with E-state index in [0.29, 0.717) is 18.3 Å². The van der Waals surface area contributed by atoms with Gasteiger partial charge in [-0.1, -0.05) is 17.3 Å². The minimum atomic E-state index is -1.11. The number of rotatable bonds is 3. The van der Waals surface area contributed by atoms with Gasteiger partial charge in [0.2, 0.25) is 5.90 Å². The lowest BCUT2D eigenvalue weighted by Crippen LogP contribution is -2.01. The highest BCUT2D eigenvalue weighted by Gasteiger charge is 2.17. The molecule has 0 bridgehead atoms. The zero-order valence-corrected chi connectivity index (χ0v) is 10.7. The first-order valence-electron chi connectivity index (χ1n) is 6.15. The highest BCUT2D eigenvalue weighted by Crippen LogP contribution is 2.22. The van der Waals surface area contributed by atoms with Crippen molar-refractivity contribution in [2.75, 3.05) is 6.61 Å². The molecule has 6 heteroatoms. The number of carboxylic acids is 1. The van der Waals surface area contributed by atoms with Crippen LogP contribution in [-0.2, 0) is 4.74 Å². The minimum absolute atomic E-state index is 0.110. The zero-order valence-electron chi connectivity index (χ0n) is 10.7. The molecule has 2 heterocycles. The summed E-state index contributed by atoms with van der Waals surface area (Å²) in [4.78, 5) is 15.1. The van der Waals surface area contributed by atoms with Crippen molar-refractivity contribution in [1.29, 1.82) is 0 Å². The van der Waals surface area contributed by atoms with Gasteiger partial charge in [0.1, 0.15) is 6.61 Å². The summed E-state index contributed by atoms with van der Waals surface area (Å²) in [5.41, 5.74) is 1.53. The van der Waals surface area contributed by atoms with Crippen LogP contribution in [0.25, 0.3) is 11.3 Å². The van der Waals surface area contributed by atoms with Crippen LogP contribution in [0.2, 0.25) is 0 Å². The van der Waals surface area contributed by atoms with Crippen molar-refractivity contribution in [3.8, 4) is 11.3 Å². The van der Waals surface area contributed by atoms with E-state index >= 15 is 0 Å². The predicted molar refractivity (Wildman–Crippen MR) is 70.8 cm³/mol. The standard InChI is InChI=1S/C14H12N2O4/c1-8-7-19-13(15-8)10-4-2-9(3-5-10)12-6-11(14(17)18)16-20-12/h2-6,8H,7H2,1H3,(H,17,18). The van der Waals surface area contributed by atoms with Gasteiger partial charge >= 0.3 is 5.97 Å². The summed E-state index contributed by atoms with van der Waals surface area (Å²) in [6, 6.07) is 8.91. The molecule has 0 fully saturated rings. The van der Waals surface area contributed by atoms with Crippen LogP contribution >= 0.6 is 0 Å². The molecule has 1 aromatic heterocycles. The lowest BCUT2D eigenvalue weighted by molar-refractivity contribution is 0.0686. The van der Waals surface area contributed by atoms with E-state index in [1.165, 1.54) is 6.07 Å². The first-order valence-corrected chi connectivity index (χ1v) is 6.15. The van der Waals surface area contributed by atoms with Crippen LogP contribution in [0.3, 0.4) is 0 Å². The highest BCUT2D eigenvalue weighted by molar-refractivity contribution is 5.95. The van der Waals surface area contributed by atoms with Gasteiger partial charge in [-0.05, 0) is 19.1 Å². The molecule has 1 aliphatic heterocycles. The fraction of sp³-hybridized carbons (Fsp3) is 0.214. The van der Waals surface area contributed by atoms with E-state index in [4.69, 9.17) is 14.4 Å². The normalized spacial score (nSPS) is 17.6. The van der Waals surface area contributed by atoms with Crippen LogP contribution in [0, 0.1) is 0 Å². The molecule has 102 valence electrons. The van der Waals surface area contributed by atoms with Crippen LogP contribution in [0.1, 0.15) is 23.0 Å². The number of aromatic carboxylic acids is 1. The van der Waals surface area contributed by atoms with Gasteiger partial charge in [-0.15, -0.1) is 0 Å². The zero-order chi connectivity index (χ0) is 14.1. The summed E-state index contributed by atoms with van der Waals surface area (Å²) in [6.45, 7) is 2.59. The molecule has 0 spiro atoms. The topological polar surface area (TPSA) is 84.9 Å². The van der Waals surface area contributed by atoms with Crippen LogP contribution in [0.5, 0.6) is 0 Å². The van der Waals surface area contributed by atoms with E-state index < -0.39 is 5.97 Å². The molecule has 1 atom stereocenters. The Bertz CT molecular complexity index is 673. The van der Waals surface area contributed by atoms with Crippen molar-refractivity contribution in [1.82, 2.24) is 5.16 Å². The Labute approximate surface area is 114 Å². The summed E-state index contributed by atoms with van der Waals surface area (Å²) in [5, 5.41) is 12.3. The first kappa shape index (κ1) is 12.4. The molecule has 2 aromatic rings. The molecule has 0 radical (unpaired) electrons. The van der Waals surface area contributed by atoms with Crippen LogP contribution in [-0.4, -0.2) is 34.8 Å². The van der Waals surface area contributed by atoms with Gasteiger partial charge in [-0.25, -0.2) is 9.79 Å². The van der Waals surface area contributed by atoms with E-state index in [1.54, 1.807) is 0 Å². The molecule has 0 saturated heterocycles. The quantitative estimate of drug-likeness (QED) is 0.925. The van der Waals surface area contributed by atoms with Crippen molar-refractivity contribution in [3.63, 3.8) is 0 Å². The molecule has 1 N–H and O–H groups in total. The fourth-order valence-corrected chi connectivity index (χ4v) is 1.92. The van der Waals surface area contributed by atoms with Crippen molar-refractivity contribution in [3.05, 3.63) is 41.6 Å². The van der Waals surface area contributed by atoms with E-state index in [-0.39, 0.29) is 11.7 Å². The number of aromatic nitrogens is 1. The number of hydrogen-bond acceptors (Lipinski definition) is 5. The number of benzene rings is 1. The molecule has 3 rings (SSSR count). The maximum absolute atomic E-state index is 10.7. The van der Waals surface area contributed by atoms with E-state index in [2.05, 4.69) is 10.1 Å². The van der Waals surface area contributed by atoms with E-state index in [1.807, 2.05) is 31.2 Å². The number of aliphatic imine (C=N–C) groups is 1. The Balaban J connectivity index is 1.85. The largest absolute Gasteiger partial charge is 0.476 e. The molecule has 1 aliphatic rings. The maximum atomic E-state index is 10.7. The van der Waals surface area contributed by atoms with Crippen molar-refractivity contribution >= 4 is 11.9 Å². The molecule has 0 aliphatic carbocycles. The third-order valence-electron chi connectivity index (χ3n) is 2.94. The Morgan fingerprint density at radius 2 is 2.00 bits per heavy atom. The van der Waals surface area contributed by atoms with Crippen molar-refractivity contribution < 1.29 is 19.2 Å². The average Bonchev–Trinajstić information content (AvgIpc) is 3.08. The highest BCUT2D eigenvalue weighted by atomic mass is 16.5. The van der Waals surface area contributed by atoms with Crippen LogP contribution in [0.4, 0.5) is 0 Å². The second-order valence-corrected chi connectivity index (χ2v) is 4.55. The molecule has 1 aromatic carbocycles. The summed E-state index contributed by atoms with van der Waals surface area (Å²) >= 11 is 0. The Kier molecular flexibility index (Phi) is 2.98. The van der Waals surface area contributed by atoms with Gasteiger partial charge in [-0.3, -0.25) is 0 Å². The smallest absolute Gasteiger partial charge is 0.358 e. The minimum Gasteiger partial charge on any atom is -0.476 e. The van der Waals surface area contributed by atoms with Gasteiger partial charge in [0.25, 0.3) is 0 Å². The average molecular weight is 272 g/mol. The summed E-state index contributed by atoms with van der Waals surface area (Å²) < 4.78 is 10.5. The first-order chi connectivity index (χ1) is 9.63. The van der Waals surface area contributed by atoms with Crippen molar-refractivity contribution in [2.24, 2.45) is 4.99 Å². The van der Waals surface area contributed by atoms with Crippen molar-refractivity contribution in [2.45, 2.75) is 13.0 Å². The van der Waals surface area contributed by atoms with Gasteiger partial charge in [0, 0.05) is 17.2 Å². The van der Waals surface area contributed by atoms with Gasteiger partial charge < -0.3 is 14.4 Å². The van der Waals surface area contributed by atoms with Gasteiger partial charge in [0.05, 0.1) is 6.04 Å². The number of nitrogens with zero attached hydrogens (tertiary/aromatic N) is 2. The lowest BCUT2D eigenvalue weighted by Gasteiger charge is -2.02. The third-order valence-corrected chi connectivity index (χ3v) is 2.94. The number of hydrogen-bond donors (Lipinski definition) is 1. The molecular weight excluding hydrogens is 260 g/mol. The predicted octanol–water partition coefficient (Wildman–Crippen LogP) is 2.21. The summed E-state index contributed by atoms with van der Waals surface area (Å²) in [5.74, 6) is -0.0660. The van der Waals surface area contributed by atoms with E-state index in [9.17, 15) is 4.79 Å². The lowest BCUT2D eigenvalue weighted by atomic mass is 10.1. The molecule has 0 saturated carbocycles. The summed E-state index contributed by atoms with van der Waals surface area (Å²) in [6.07, 6.45) is 0. The molecular formula is C14H12N2O4. The molecule has 20 heavy (non-hydrogen) atoms.